The van der Waals surface area contributed by atoms with E-state index in [2.05, 4.69) is 27.5 Å². The Balaban J connectivity index is 1.84. The first-order chi connectivity index (χ1) is 14.0. The number of aryl methyl sites for hydroxylation is 2. The number of aromatic nitrogens is 2. The molecule has 1 amide bonds. The zero-order valence-corrected chi connectivity index (χ0v) is 17.2. The highest BCUT2D eigenvalue weighted by Gasteiger charge is 2.14. The average Bonchev–Trinajstić information content (AvgIpc) is 2.69. The molecular formula is C23H26N4O2. The van der Waals surface area contributed by atoms with Crippen LogP contribution in [0, 0.1) is 6.92 Å². The molecule has 2 aromatic carbocycles. The second-order valence-corrected chi connectivity index (χ2v) is 6.94. The van der Waals surface area contributed by atoms with Crippen molar-refractivity contribution < 1.29 is 9.53 Å². The van der Waals surface area contributed by atoms with E-state index in [0.717, 1.165) is 29.1 Å². The molecule has 0 saturated carbocycles. The van der Waals surface area contributed by atoms with Crippen LogP contribution < -0.4 is 15.4 Å². The van der Waals surface area contributed by atoms with Crippen LogP contribution in [0.5, 0.6) is 5.75 Å². The lowest BCUT2D eigenvalue weighted by molar-refractivity contribution is 0.102. The van der Waals surface area contributed by atoms with E-state index in [1.165, 1.54) is 0 Å². The second-order valence-electron chi connectivity index (χ2n) is 6.94. The predicted molar refractivity (Wildman–Crippen MR) is 116 cm³/mol. The molecule has 150 valence electrons. The first-order valence-electron chi connectivity index (χ1n) is 9.74. The lowest BCUT2D eigenvalue weighted by Gasteiger charge is -2.15. The highest BCUT2D eigenvalue weighted by molar-refractivity contribution is 6.03. The quantitative estimate of drug-likeness (QED) is 0.585. The van der Waals surface area contributed by atoms with Gasteiger partial charge in [-0.25, -0.2) is 9.97 Å². The van der Waals surface area contributed by atoms with Crippen molar-refractivity contribution in [2.45, 2.75) is 40.2 Å². The highest BCUT2D eigenvalue weighted by atomic mass is 16.5. The van der Waals surface area contributed by atoms with Crippen molar-refractivity contribution in [3.63, 3.8) is 0 Å². The first-order valence-corrected chi connectivity index (χ1v) is 9.74. The number of benzene rings is 2. The molecule has 0 saturated heterocycles. The Bertz CT molecular complexity index is 1000. The number of nitrogens with zero attached hydrogens (tertiary/aromatic N) is 2. The minimum Gasteiger partial charge on any atom is -0.489 e. The molecule has 3 rings (SSSR count). The van der Waals surface area contributed by atoms with E-state index in [0.29, 0.717) is 17.3 Å². The number of carbonyl (C=O) groups is 1. The van der Waals surface area contributed by atoms with Gasteiger partial charge in [-0.3, -0.25) is 4.79 Å². The fourth-order valence-electron chi connectivity index (χ4n) is 2.95. The van der Waals surface area contributed by atoms with Gasteiger partial charge in [-0.05, 0) is 51.0 Å². The molecular weight excluding hydrogens is 364 g/mol. The van der Waals surface area contributed by atoms with Crippen LogP contribution in [0.1, 0.15) is 42.6 Å². The van der Waals surface area contributed by atoms with Gasteiger partial charge in [0, 0.05) is 11.8 Å². The minimum atomic E-state index is -0.272. The summed E-state index contributed by atoms with van der Waals surface area (Å²) in [5.74, 6) is 1.49. The standard InChI is InChI=1S/C23H26N4O2/c1-5-17-10-6-7-11-18(17)27-23(28)20-14-22(25-16(4)24-20)26-19-12-8-9-13-21(19)29-15(2)3/h6-15H,5H2,1-4H3,(H,27,28)(H,24,25,26). The zero-order chi connectivity index (χ0) is 20.8. The molecule has 3 aromatic rings. The van der Waals surface area contributed by atoms with Crippen molar-refractivity contribution in [3.05, 3.63) is 71.7 Å². The molecule has 0 aliphatic carbocycles. The number of hydrogen-bond acceptors (Lipinski definition) is 5. The summed E-state index contributed by atoms with van der Waals surface area (Å²) in [6, 6.07) is 17.0. The summed E-state index contributed by atoms with van der Waals surface area (Å²) in [5, 5.41) is 6.20. The topological polar surface area (TPSA) is 76.1 Å². The van der Waals surface area contributed by atoms with Gasteiger partial charge < -0.3 is 15.4 Å². The van der Waals surface area contributed by atoms with Crippen LogP contribution >= 0.6 is 0 Å². The summed E-state index contributed by atoms with van der Waals surface area (Å²) >= 11 is 0. The second kappa shape index (κ2) is 9.19. The van der Waals surface area contributed by atoms with Crippen LogP contribution in [0.25, 0.3) is 0 Å². The average molecular weight is 390 g/mol. The monoisotopic (exact) mass is 390 g/mol. The Labute approximate surface area is 171 Å². The van der Waals surface area contributed by atoms with E-state index in [1.54, 1.807) is 13.0 Å². The number of para-hydroxylation sites is 3. The van der Waals surface area contributed by atoms with Crippen LogP contribution in [0.2, 0.25) is 0 Å². The van der Waals surface area contributed by atoms with Gasteiger partial charge in [-0.15, -0.1) is 0 Å². The molecule has 2 N–H and O–H groups in total. The molecule has 1 heterocycles. The van der Waals surface area contributed by atoms with E-state index in [1.807, 2.05) is 62.4 Å². The molecule has 0 spiro atoms. The SMILES string of the molecule is CCc1ccccc1NC(=O)c1cc(Nc2ccccc2OC(C)C)nc(C)n1. The van der Waals surface area contributed by atoms with E-state index in [4.69, 9.17) is 4.74 Å². The number of nitrogens with one attached hydrogen (secondary N) is 2. The van der Waals surface area contributed by atoms with Gasteiger partial charge in [0.1, 0.15) is 23.1 Å². The maximum absolute atomic E-state index is 12.8. The minimum absolute atomic E-state index is 0.0463. The molecule has 0 bridgehead atoms. The Hall–Kier alpha value is -3.41. The summed E-state index contributed by atoms with van der Waals surface area (Å²) < 4.78 is 5.84. The van der Waals surface area contributed by atoms with Gasteiger partial charge in [0.15, 0.2) is 0 Å². The molecule has 0 aliphatic rings. The molecule has 0 unspecified atom stereocenters. The number of hydrogen-bond donors (Lipinski definition) is 2. The third kappa shape index (κ3) is 5.31. The number of amides is 1. The molecule has 0 aliphatic heterocycles. The maximum Gasteiger partial charge on any atom is 0.274 e. The van der Waals surface area contributed by atoms with Crippen molar-refractivity contribution in [1.29, 1.82) is 0 Å². The van der Waals surface area contributed by atoms with Crippen LogP contribution in [-0.2, 0) is 6.42 Å². The van der Waals surface area contributed by atoms with Crippen LogP contribution in [-0.4, -0.2) is 22.0 Å². The Morgan fingerprint density at radius 1 is 1.03 bits per heavy atom. The Morgan fingerprint density at radius 2 is 1.72 bits per heavy atom. The fraction of sp³-hybridized carbons (Fsp3) is 0.261. The number of ether oxygens (including phenoxy) is 1. The number of carbonyl (C=O) groups excluding carboxylic acids is 1. The third-order valence-corrected chi connectivity index (χ3v) is 4.23. The molecule has 0 radical (unpaired) electrons. The van der Waals surface area contributed by atoms with E-state index in [-0.39, 0.29) is 12.0 Å². The fourth-order valence-corrected chi connectivity index (χ4v) is 2.95. The summed E-state index contributed by atoms with van der Waals surface area (Å²) in [6.45, 7) is 7.77. The molecule has 1 aromatic heterocycles. The van der Waals surface area contributed by atoms with E-state index >= 15 is 0 Å². The molecule has 6 nitrogen and oxygen atoms in total. The summed E-state index contributed by atoms with van der Waals surface area (Å²) in [6.07, 6.45) is 0.878. The summed E-state index contributed by atoms with van der Waals surface area (Å²) in [7, 11) is 0. The van der Waals surface area contributed by atoms with Gasteiger partial charge in [-0.2, -0.15) is 0 Å². The van der Waals surface area contributed by atoms with Crippen LogP contribution in [0.3, 0.4) is 0 Å². The predicted octanol–water partition coefficient (Wildman–Crippen LogP) is 5.13. The zero-order valence-electron chi connectivity index (χ0n) is 17.2. The van der Waals surface area contributed by atoms with E-state index < -0.39 is 0 Å². The normalized spacial score (nSPS) is 10.7. The van der Waals surface area contributed by atoms with Crippen molar-refractivity contribution in [2.75, 3.05) is 10.6 Å². The van der Waals surface area contributed by atoms with Crippen molar-refractivity contribution in [3.8, 4) is 5.75 Å². The van der Waals surface area contributed by atoms with E-state index in [9.17, 15) is 4.79 Å². The maximum atomic E-state index is 12.8. The van der Waals surface area contributed by atoms with Gasteiger partial charge >= 0.3 is 0 Å². The smallest absolute Gasteiger partial charge is 0.274 e. The Morgan fingerprint density at radius 3 is 2.45 bits per heavy atom. The lowest BCUT2D eigenvalue weighted by Crippen LogP contribution is -2.16. The third-order valence-electron chi connectivity index (χ3n) is 4.23. The van der Waals surface area contributed by atoms with Crippen molar-refractivity contribution in [2.24, 2.45) is 0 Å². The molecule has 0 fully saturated rings. The highest BCUT2D eigenvalue weighted by Crippen LogP contribution is 2.28. The van der Waals surface area contributed by atoms with Gasteiger partial charge in [0.2, 0.25) is 0 Å². The molecule has 29 heavy (non-hydrogen) atoms. The summed E-state index contributed by atoms with van der Waals surface area (Å²) in [5.41, 5.74) is 2.95. The van der Waals surface area contributed by atoms with Crippen LogP contribution in [0.4, 0.5) is 17.2 Å². The molecule has 6 heteroatoms. The largest absolute Gasteiger partial charge is 0.489 e. The summed E-state index contributed by atoms with van der Waals surface area (Å²) in [4.78, 5) is 21.5. The lowest BCUT2D eigenvalue weighted by atomic mass is 10.1. The molecule has 0 atom stereocenters. The van der Waals surface area contributed by atoms with Gasteiger partial charge in [0.25, 0.3) is 5.91 Å². The van der Waals surface area contributed by atoms with Crippen molar-refractivity contribution in [1.82, 2.24) is 9.97 Å². The number of rotatable bonds is 7. The van der Waals surface area contributed by atoms with Gasteiger partial charge in [-0.1, -0.05) is 37.3 Å². The number of anilines is 3. The van der Waals surface area contributed by atoms with Gasteiger partial charge in [0.05, 0.1) is 11.8 Å². The van der Waals surface area contributed by atoms with Crippen LogP contribution in [0.15, 0.2) is 54.6 Å². The first kappa shape index (κ1) is 20.3. The Kier molecular flexibility index (Phi) is 6.44. The van der Waals surface area contributed by atoms with Crippen molar-refractivity contribution >= 4 is 23.1 Å².